The molecule has 1 amide bonds. The summed E-state index contributed by atoms with van der Waals surface area (Å²) in [6, 6.07) is -0.804. The van der Waals surface area contributed by atoms with Gasteiger partial charge in [-0.15, -0.1) is 0 Å². The van der Waals surface area contributed by atoms with Gasteiger partial charge in [-0.3, -0.25) is 9.36 Å². The molecule has 8 nitrogen and oxygen atoms in total. The van der Waals surface area contributed by atoms with E-state index in [1.54, 1.807) is 0 Å². The third-order valence-corrected chi connectivity index (χ3v) is 9.60. The zero-order valence-corrected chi connectivity index (χ0v) is 33.3. The first-order valence-electron chi connectivity index (χ1n) is 19.8. The second kappa shape index (κ2) is 32.6. The van der Waals surface area contributed by atoms with Gasteiger partial charge in [0.05, 0.1) is 39.9 Å². The van der Waals surface area contributed by atoms with Crippen molar-refractivity contribution in [3.63, 3.8) is 0 Å². The van der Waals surface area contributed by atoms with Crippen LogP contribution in [0.2, 0.25) is 0 Å². The highest BCUT2D eigenvalue weighted by Gasteiger charge is 2.24. The van der Waals surface area contributed by atoms with Crippen LogP contribution in [-0.2, 0) is 18.4 Å². The van der Waals surface area contributed by atoms with Gasteiger partial charge in [-0.05, 0) is 51.4 Å². The molecular weight excluding hydrogens is 635 g/mol. The summed E-state index contributed by atoms with van der Waals surface area (Å²) in [7, 11) is 1.29. The molecule has 0 heterocycles. The van der Waals surface area contributed by atoms with E-state index in [2.05, 4.69) is 55.6 Å². The van der Waals surface area contributed by atoms with Gasteiger partial charge in [-0.25, -0.2) is 0 Å². The van der Waals surface area contributed by atoms with Gasteiger partial charge in [0.1, 0.15) is 13.2 Å². The molecule has 0 aliphatic heterocycles. The van der Waals surface area contributed by atoms with Gasteiger partial charge in [-0.2, -0.15) is 0 Å². The number of nitrogens with zero attached hydrogens (tertiary/aromatic N) is 1. The van der Waals surface area contributed by atoms with E-state index in [0.29, 0.717) is 23.9 Å². The number of phosphoric acid groups is 1. The molecule has 0 aliphatic rings. The maximum Gasteiger partial charge on any atom is 0.268 e. The van der Waals surface area contributed by atoms with Crippen molar-refractivity contribution in [3.8, 4) is 0 Å². The monoisotopic (exact) mass is 713 g/mol. The molecular formula is C40H77N2O6P. The fraction of sp³-hybridized carbons (Fsp3) is 0.825. The van der Waals surface area contributed by atoms with Crippen LogP contribution < -0.4 is 10.2 Å². The van der Waals surface area contributed by atoms with Crippen LogP contribution in [0, 0.1) is 0 Å². The van der Waals surface area contributed by atoms with Crippen molar-refractivity contribution in [2.45, 2.75) is 174 Å². The lowest BCUT2D eigenvalue weighted by Crippen LogP contribution is -2.46. The van der Waals surface area contributed by atoms with Gasteiger partial charge in [0.15, 0.2) is 0 Å². The summed E-state index contributed by atoms with van der Waals surface area (Å²) < 4.78 is 23.1. The van der Waals surface area contributed by atoms with E-state index in [1.807, 2.05) is 21.1 Å². The lowest BCUT2D eigenvalue weighted by molar-refractivity contribution is -0.870. The molecule has 3 atom stereocenters. The number of unbranched alkanes of at least 4 members (excludes halogenated alkanes) is 16. The summed E-state index contributed by atoms with van der Waals surface area (Å²) in [6.07, 6.45) is 37.2. The molecule has 0 aromatic carbocycles. The lowest BCUT2D eigenvalue weighted by atomic mass is 10.0. The summed E-state index contributed by atoms with van der Waals surface area (Å²) in [5, 5.41) is 13.8. The van der Waals surface area contributed by atoms with Crippen LogP contribution in [0.15, 0.2) is 36.5 Å². The van der Waals surface area contributed by atoms with Gasteiger partial charge in [0, 0.05) is 6.42 Å². The van der Waals surface area contributed by atoms with E-state index in [4.69, 9.17) is 9.05 Å². The summed E-state index contributed by atoms with van der Waals surface area (Å²) in [6.45, 7) is 4.62. The molecule has 49 heavy (non-hydrogen) atoms. The van der Waals surface area contributed by atoms with E-state index in [1.165, 1.54) is 70.6 Å². The molecule has 0 aromatic heterocycles. The fourth-order valence-electron chi connectivity index (χ4n) is 5.40. The van der Waals surface area contributed by atoms with Gasteiger partial charge < -0.3 is 28.8 Å². The highest BCUT2D eigenvalue weighted by atomic mass is 31.2. The fourth-order valence-corrected chi connectivity index (χ4v) is 6.12. The topological polar surface area (TPSA) is 108 Å². The largest absolute Gasteiger partial charge is 0.756 e. The average molecular weight is 713 g/mol. The predicted molar refractivity (Wildman–Crippen MR) is 205 cm³/mol. The number of carbonyl (C=O) groups is 1. The Hall–Kier alpha value is -1.28. The summed E-state index contributed by atoms with van der Waals surface area (Å²) in [4.78, 5) is 25.1. The number of hydrogen-bond acceptors (Lipinski definition) is 6. The minimum absolute atomic E-state index is 0.00792. The van der Waals surface area contributed by atoms with Crippen molar-refractivity contribution >= 4 is 13.7 Å². The average Bonchev–Trinajstić information content (AvgIpc) is 3.04. The van der Waals surface area contributed by atoms with Crippen molar-refractivity contribution in [1.82, 2.24) is 5.32 Å². The molecule has 0 saturated carbocycles. The normalized spacial score (nSPS) is 15.0. The summed E-state index contributed by atoms with van der Waals surface area (Å²) in [5.74, 6) is -0.183. The quantitative estimate of drug-likeness (QED) is 0.0293. The van der Waals surface area contributed by atoms with Crippen LogP contribution in [-0.4, -0.2) is 68.5 Å². The number of amides is 1. The third-order valence-electron chi connectivity index (χ3n) is 8.63. The highest BCUT2D eigenvalue weighted by Crippen LogP contribution is 2.38. The molecule has 2 N–H and O–H groups in total. The van der Waals surface area contributed by atoms with Crippen LogP contribution in [0.5, 0.6) is 0 Å². The number of likely N-dealkylation sites (N-methyl/N-ethyl adjacent to an activating group) is 1. The number of phosphoric ester groups is 1. The van der Waals surface area contributed by atoms with Crippen LogP contribution >= 0.6 is 7.82 Å². The third kappa shape index (κ3) is 34.9. The van der Waals surface area contributed by atoms with Crippen LogP contribution in [0.1, 0.15) is 162 Å². The van der Waals surface area contributed by atoms with Crippen molar-refractivity contribution < 1.29 is 32.9 Å². The Bertz CT molecular complexity index is 902. The maximum atomic E-state index is 12.8. The zero-order valence-electron chi connectivity index (χ0n) is 32.4. The first-order valence-corrected chi connectivity index (χ1v) is 21.3. The molecule has 0 spiro atoms. The molecule has 9 heteroatoms. The second-order valence-electron chi connectivity index (χ2n) is 14.6. The molecule has 0 aliphatic carbocycles. The van der Waals surface area contributed by atoms with E-state index < -0.39 is 20.0 Å². The minimum Gasteiger partial charge on any atom is -0.756 e. The lowest BCUT2D eigenvalue weighted by Gasteiger charge is -2.30. The Morgan fingerprint density at radius 2 is 1.18 bits per heavy atom. The van der Waals surface area contributed by atoms with Gasteiger partial charge in [0.25, 0.3) is 7.82 Å². The van der Waals surface area contributed by atoms with Crippen LogP contribution in [0.4, 0.5) is 0 Å². The van der Waals surface area contributed by atoms with Gasteiger partial charge >= 0.3 is 0 Å². The van der Waals surface area contributed by atoms with Crippen molar-refractivity contribution in [1.29, 1.82) is 0 Å². The standard InChI is InChI=1S/C40H77N2O6P/c1-6-8-10-12-14-16-17-18-19-20-21-22-23-24-25-26-28-30-32-34-40(44)41-38(37-48-49(45,46)47-36-35-42(3,4)5)39(43)33-31-29-27-15-13-11-9-7-2/h14,16,18-19,21-22,38-39,43H,6-13,15,17,20,23-37H2,1-5H3,(H-,41,44,45,46)/b16-14-,19-18-,22-21-. The number of nitrogens with one attached hydrogen (secondary N) is 1. The Morgan fingerprint density at radius 3 is 1.76 bits per heavy atom. The number of allylic oxidation sites excluding steroid dienone is 6. The van der Waals surface area contributed by atoms with Gasteiger partial charge in [0.2, 0.25) is 5.91 Å². The maximum absolute atomic E-state index is 12.8. The van der Waals surface area contributed by atoms with E-state index in [9.17, 15) is 19.4 Å². The molecule has 288 valence electrons. The number of hydrogen-bond donors (Lipinski definition) is 2. The Morgan fingerprint density at radius 1 is 0.714 bits per heavy atom. The smallest absolute Gasteiger partial charge is 0.268 e. The highest BCUT2D eigenvalue weighted by molar-refractivity contribution is 7.45. The molecule has 0 aromatic rings. The zero-order chi connectivity index (χ0) is 36.5. The first kappa shape index (κ1) is 47.7. The molecule has 0 bridgehead atoms. The number of rotatable bonds is 35. The molecule has 0 fully saturated rings. The van der Waals surface area contributed by atoms with Crippen molar-refractivity contribution in [2.24, 2.45) is 0 Å². The van der Waals surface area contributed by atoms with E-state index in [0.717, 1.165) is 64.2 Å². The van der Waals surface area contributed by atoms with Crippen molar-refractivity contribution in [2.75, 3.05) is 40.9 Å². The second-order valence-corrected chi connectivity index (χ2v) is 16.0. The minimum atomic E-state index is -4.56. The number of aliphatic hydroxyl groups excluding tert-OH is 1. The summed E-state index contributed by atoms with van der Waals surface area (Å²) >= 11 is 0. The van der Waals surface area contributed by atoms with E-state index in [-0.39, 0.29) is 19.1 Å². The van der Waals surface area contributed by atoms with Gasteiger partial charge in [-0.1, -0.05) is 140 Å². The Kier molecular flexibility index (Phi) is 31.8. The number of aliphatic hydroxyl groups is 1. The van der Waals surface area contributed by atoms with Crippen molar-refractivity contribution in [3.05, 3.63) is 36.5 Å². The molecule has 0 saturated heterocycles. The Labute approximate surface area is 302 Å². The van der Waals surface area contributed by atoms with Crippen LogP contribution in [0.25, 0.3) is 0 Å². The first-order chi connectivity index (χ1) is 23.5. The SMILES string of the molecule is CCCCC/C=C\C/C=C\C/C=C\CCCCCCCCC(=O)NC(COP(=O)([O-])OCC[N+](C)(C)C)C(O)CCCCCCCCCC. The number of quaternary nitrogens is 1. The molecule has 0 rings (SSSR count). The summed E-state index contributed by atoms with van der Waals surface area (Å²) in [5.41, 5.74) is 0. The van der Waals surface area contributed by atoms with E-state index >= 15 is 0 Å². The van der Waals surface area contributed by atoms with Crippen LogP contribution in [0.3, 0.4) is 0 Å². The Balaban J connectivity index is 4.36. The molecule has 0 radical (unpaired) electrons. The molecule has 3 unspecified atom stereocenters. The predicted octanol–water partition coefficient (Wildman–Crippen LogP) is 9.72. The number of carbonyl (C=O) groups excluding carboxylic acids is 1.